The van der Waals surface area contributed by atoms with Crippen LogP contribution >= 0.6 is 22.9 Å². The summed E-state index contributed by atoms with van der Waals surface area (Å²) in [5.41, 5.74) is 6.70. The molecule has 1 unspecified atom stereocenters. The maximum absolute atomic E-state index is 12.7. The third-order valence-corrected chi connectivity index (χ3v) is 5.43. The molecule has 0 spiro atoms. The predicted molar refractivity (Wildman–Crippen MR) is 85.6 cm³/mol. The maximum atomic E-state index is 12.7. The number of likely N-dealkylation sites (tertiary alicyclic amines) is 1. The number of nitrogen functional groups attached to an aromatic ring is 1. The number of amides is 1. The molecule has 2 aromatic rings. The Balaban J connectivity index is 2.03. The molecule has 2 heterocycles. The van der Waals surface area contributed by atoms with Crippen LogP contribution < -0.4 is 5.73 Å². The molecule has 1 amide bonds. The second kappa shape index (κ2) is 5.26. The summed E-state index contributed by atoms with van der Waals surface area (Å²) >= 11 is 7.64. The Morgan fingerprint density at radius 2 is 2.25 bits per heavy atom. The van der Waals surface area contributed by atoms with Crippen LogP contribution in [0, 0.1) is 0 Å². The summed E-state index contributed by atoms with van der Waals surface area (Å²) in [6, 6.07) is 5.94. The van der Waals surface area contributed by atoms with Crippen molar-refractivity contribution in [1.82, 2.24) is 4.90 Å². The average Bonchev–Trinajstić information content (AvgIpc) is 2.77. The monoisotopic (exact) mass is 308 g/mol. The molecule has 1 saturated heterocycles. The van der Waals surface area contributed by atoms with Crippen LogP contribution in [0.1, 0.15) is 35.9 Å². The summed E-state index contributed by atoms with van der Waals surface area (Å²) in [5.74, 6) is 0.0481. The Labute approximate surface area is 127 Å². The molecule has 0 radical (unpaired) electrons. The summed E-state index contributed by atoms with van der Waals surface area (Å²) in [5, 5.41) is 1.43. The number of nitrogens with two attached hydrogens (primary N) is 1. The van der Waals surface area contributed by atoms with Crippen LogP contribution in [0.15, 0.2) is 18.2 Å². The van der Waals surface area contributed by atoms with Gasteiger partial charge in [0.15, 0.2) is 0 Å². The third kappa shape index (κ3) is 2.17. The first-order chi connectivity index (χ1) is 9.59. The zero-order chi connectivity index (χ0) is 14.3. The fourth-order valence-electron chi connectivity index (χ4n) is 2.82. The minimum atomic E-state index is 0.0481. The van der Waals surface area contributed by atoms with Crippen molar-refractivity contribution in [2.24, 2.45) is 0 Å². The molecule has 0 bridgehead atoms. The fourth-order valence-corrected chi connectivity index (χ4v) is 4.26. The zero-order valence-electron chi connectivity index (χ0n) is 11.4. The molecule has 1 fully saturated rings. The van der Waals surface area contributed by atoms with Crippen LogP contribution in [0.3, 0.4) is 0 Å². The number of anilines is 1. The normalized spacial score (nSPS) is 19.5. The number of hydrogen-bond acceptors (Lipinski definition) is 3. The number of benzene rings is 1. The lowest BCUT2D eigenvalue weighted by molar-refractivity contribution is 0.0642. The Hall–Kier alpha value is -1.26. The van der Waals surface area contributed by atoms with Gasteiger partial charge in [-0.25, -0.2) is 0 Å². The maximum Gasteiger partial charge on any atom is 0.266 e. The molecule has 2 N–H and O–H groups in total. The average molecular weight is 309 g/mol. The van der Waals surface area contributed by atoms with Crippen LogP contribution in [0.2, 0.25) is 5.02 Å². The lowest BCUT2D eigenvalue weighted by Crippen LogP contribution is -2.41. The van der Waals surface area contributed by atoms with Gasteiger partial charge in [0.05, 0.1) is 10.7 Å². The van der Waals surface area contributed by atoms with Crippen LogP contribution in [-0.4, -0.2) is 23.4 Å². The molecule has 5 heteroatoms. The van der Waals surface area contributed by atoms with E-state index in [0.717, 1.165) is 29.5 Å². The van der Waals surface area contributed by atoms with Crippen molar-refractivity contribution in [2.75, 3.05) is 12.3 Å². The second-order valence-corrected chi connectivity index (χ2v) is 6.76. The third-order valence-electron chi connectivity index (χ3n) is 3.96. The molecule has 0 saturated carbocycles. The summed E-state index contributed by atoms with van der Waals surface area (Å²) < 4.78 is 0.975. The molecule has 106 valence electrons. The summed E-state index contributed by atoms with van der Waals surface area (Å²) in [6.07, 6.45) is 3.33. The molecule has 1 aromatic heterocycles. The number of fused-ring (bicyclic) bond motifs is 1. The number of halogens is 1. The minimum absolute atomic E-state index is 0.0481. The highest BCUT2D eigenvalue weighted by atomic mass is 35.5. The largest absolute Gasteiger partial charge is 0.397 e. The van der Waals surface area contributed by atoms with Gasteiger partial charge in [0.2, 0.25) is 0 Å². The molecule has 3 rings (SSSR count). The van der Waals surface area contributed by atoms with Gasteiger partial charge in [0.1, 0.15) is 4.88 Å². The van der Waals surface area contributed by atoms with Crippen molar-refractivity contribution >= 4 is 44.6 Å². The van der Waals surface area contributed by atoms with E-state index in [4.69, 9.17) is 17.3 Å². The lowest BCUT2D eigenvalue weighted by Gasteiger charge is -2.33. The van der Waals surface area contributed by atoms with E-state index in [1.807, 2.05) is 23.1 Å². The van der Waals surface area contributed by atoms with E-state index in [1.54, 1.807) is 0 Å². The van der Waals surface area contributed by atoms with Gasteiger partial charge in [-0.15, -0.1) is 11.3 Å². The molecule has 20 heavy (non-hydrogen) atoms. The predicted octanol–water partition coefficient (Wildman–Crippen LogP) is 4.15. The number of rotatable bonds is 1. The Bertz CT molecular complexity index is 667. The van der Waals surface area contributed by atoms with E-state index >= 15 is 0 Å². The number of carbonyl (C=O) groups is 1. The molecule has 1 aliphatic heterocycles. The van der Waals surface area contributed by atoms with Crippen molar-refractivity contribution in [3.05, 3.63) is 28.1 Å². The van der Waals surface area contributed by atoms with Gasteiger partial charge in [-0.2, -0.15) is 0 Å². The Morgan fingerprint density at radius 3 is 2.95 bits per heavy atom. The molecule has 1 aromatic carbocycles. The van der Waals surface area contributed by atoms with Gasteiger partial charge in [-0.3, -0.25) is 4.79 Å². The van der Waals surface area contributed by atoms with Gasteiger partial charge in [0.25, 0.3) is 5.91 Å². The number of nitrogens with zero attached hydrogens (tertiary/aromatic N) is 1. The van der Waals surface area contributed by atoms with Crippen molar-refractivity contribution in [2.45, 2.75) is 32.2 Å². The van der Waals surface area contributed by atoms with E-state index < -0.39 is 0 Å². The standard InChI is InChI=1S/C15H17ClN2OS/c1-9-5-2-3-8-18(9)15(19)14-13(17)12-10(16)6-4-7-11(12)20-14/h4,6-7,9H,2-3,5,8,17H2,1H3. The second-order valence-electron chi connectivity index (χ2n) is 5.30. The molecule has 3 nitrogen and oxygen atoms in total. The first-order valence-corrected chi connectivity index (χ1v) is 8.06. The van der Waals surface area contributed by atoms with Crippen LogP contribution in [-0.2, 0) is 0 Å². The SMILES string of the molecule is CC1CCCCN1C(=O)c1sc2cccc(Cl)c2c1N. The van der Waals surface area contributed by atoms with Crippen molar-refractivity contribution in [3.63, 3.8) is 0 Å². The highest BCUT2D eigenvalue weighted by molar-refractivity contribution is 7.21. The number of hydrogen-bond donors (Lipinski definition) is 1. The van der Waals surface area contributed by atoms with Gasteiger partial charge < -0.3 is 10.6 Å². The molecular formula is C15H17ClN2OS. The summed E-state index contributed by atoms with van der Waals surface area (Å²) in [4.78, 5) is 15.3. The van der Waals surface area contributed by atoms with Crippen molar-refractivity contribution in [3.8, 4) is 0 Å². The number of carbonyl (C=O) groups excluding carboxylic acids is 1. The van der Waals surface area contributed by atoms with E-state index in [2.05, 4.69) is 6.92 Å². The van der Waals surface area contributed by atoms with E-state index in [0.29, 0.717) is 15.6 Å². The molecular weight excluding hydrogens is 292 g/mol. The summed E-state index contributed by atoms with van der Waals surface area (Å²) in [7, 11) is 0. The topological polar surface area (TPSA) is 46.3 Å². The highest BCUT2D eigenvalue weighted by Gasteiger charge is 2.27. The fraction of sp³-hybridized carbons (Fsp3) is 0.400. The number of thiophene rings is 1. The zero-order valence-corrected chi connectivity index (χ0v) is 12.9. The van der Waals surface area contributed by atoms with Crippen LogP contribution in [0.4, 0.5) is 5.69 Å². The first-order valence-electron chi connectivity index (χ1n) is 6.87. The molecule has 0 aliphatic carbocycles. The molecule has 1 aliphatic rings. The van der Waals surface area contributed by atoms with Crippen LogP contribution in [0.5, 0.6) is 0 Å². The van der Waals surface area contributed by atoms with E-state index in [1.165, 1.54) is 17.8 Å². The number of piperidine rings is 1. The highest BCUT2D eigenvalue weighted by Crippen LogP contribution is 2.39. The minimum Gasteiger partial charge on any atom is -0.397 e. The smallest absolute Gasteiger partial charge is 0.266 e. The Morgan fingerprint density at radius 1 is 1.45 bits per heavy atom. The van der Waals surface area contributed by atoms with Gasteiger partial charge in [-0.1, -0.05) is 17.7 Å². The quantitative estimate of drug-likeness (QED) is 0.860. The molecule has 1 atom stereocenters. The Kier molecular flexibility index (Phi) is 3.61. The van der Waals surface area contributed by atoms with Crippen LogP contribution in [0.25, 0.3) is 10.1 Å². The van der Waals surface area contributed by atoms with Gasteiger partial charge >= 0.3 is 0 Å². The van der Waals surface area contributed by atoms with Gasteiger partial charge in [0, 0.05) is 22.7 Å². The van der Waals surface area contributed by atoms with Gasteiger partial charge in [-0.05, 0) is 38.3 Å². The lowest BCUT2D eigenvalue weighted by atomic mass is 10.0. The van der Waals surface area contributed by atoms with Crippen molar-refractivity contribution in [1.29, 1.82) is 0 Å². The van der Waals surface area contributed by atoms with E-state index in [9.17, 15) is 4.79 Å². The first kappa shape index (κ1) is 13.7. The van der Waals surface area contributed by atoms with E-state index in [-0.39, 0.29) is 11.9 Å². The summed E-state index contributed by atoms with van der Waals surface area (Å²) in [6.45, 7) is 2.93. The van der Waals surface area contributed by atoms with Crippen molar-refractivity contribution < 1.29 is 4.79 Å².